The molecule has 0 bridgehead atoms. The van der Waals surface area contributed by atoms with Gasteiger partial charge in [-0.05, 0) is 67.4 Å². The highest BCUT2D eigenvalue weighted by Gasteiger charge is 2.30. The Labute approximate surface area is 206 Å². The number of hydrogen-bond donors (Lipinski definition) is 1. The SMILES string of the molecule is COc1ccc(C(=O)N(c2ccc(OC)cc2)C2CCN(Cc3cccc(OC)c3O)CC2)cc1. The minimum absolute atomic E-state index is 0.0401. The number of benzene rings is 3. The number of piperidine rings is 1. The van der Waals surface area contributed by atoms with E-state index in [4.69, 9.17) is 14.2 Å². The standard InChI is InChI=1S/C28H32N2O5/c1-33-24-11-7-20(8-12-24)28(32)30(22-9-13-25(34-2)14-10-22)23-15-17-29(18-16-23)19-21-5-4-6-26(35-3)27(21)31/h4-14,23,31H,15-19H2,1-3H3. The van der Waals surface area contributed by atoms with Gasteiger partial charge in [-0.3, -0.25) is 9.69 Å². The maximum absolute atomic E-state index is 13.7. The van der Waals surface area contributed by atoms with E-state index in [2.05, 4.69) is 4.90 Å². The molecule has 1 heterocycles. The fourth-order valence-corrected chi connectivity index (χ4v) is 4.55. The molecule has 184 valence electrons. The Morgan fingerprint density at radius 1 is 0.886 bits per heavy atom. The molecule has 1 aliphatic rings. The van der Waals surface area contributed by atoms with Crippen LogP contribution < -0.4 is 19.1 Å². The number of nitrogens with zero attached hydrogens (tertiary/aromatic N) is 2. The maximum atomic E-state index is 13.7. The molecule has 4 rings (SSSR count). The number of hydrogen-bond acceptors (Lipinski definition) is 6. The van der Waals surface area contributed by atoms with E-state index in [9.17, 15) is 9.90 Å². The molecule has 0 aromatic heterocycles. The summed E-state index contributed by atoms with van der Waals surface area (Å²) in [6, 6.07) is 20.5. The molecule has 3 aromatic carbocycles. The number of rotatable bonds is 8. The summed E-state index contributed by atoms with van der Waals surface area (Å²) in [5.41, 5.74) is 2.30. The fourth-order valence-electron chi connectivity index (χ4n) is 4.55. The molecule has 1 amide bonds. The van der Waals surface area contributed by atoms with E-state index in [1.54, 1.807) is 39.5 Å². The summed E-state index contributed by atoms with van der Waals surface area (Å²) in [4.78, 5) is 17.9. The van der Waals surface area contributed by atoms with Crippen LogP contribution in [0.4, 0.5) is 5.69 Å². The van der Waals surface area contributed by atoms with Crippen molar-refractivity contribution < 1.29 is 24.1 Å². The number of phenolic OH excluding ortho intramolecular Hbond substituents is 1. The molecular formula is C28H32N2O5. The number of anilines is 1. The first-order valence-electron chi connectivity index (χ1n) is 11.7. The van der Waals surface area contributed by atoms with Gasteiger partial charge in [-0.15, -0.1) is 0 Å². The summed E-state index contributed by atoms with van der Waals surface area (Å²) in [7, 11) is 4.79. The van der Waals surface area contributed by atoms with E-state index in [1.165, 1.54) is 0 Å². The van der Waals surface area contributed by atoms with E-state index in [1.807, 2.05) is 53.4 Å². The van der Waals surface area contributed by atoms with Crippen LogP contribution in [0.15, 0.2) is 66.7 Å². The molecule has 0 spiro atoms. The van der Waals surface area contributed by atoms with Gasteiger partial charge in [0.2, 0.25) is 0 Å². The smallest absolute Gasteiger partial charge is 0.258 e. The van der Waals surface area contributed by atoms with E-state index in [0.717, 1.165) is 42.9 Å². The van der Waals surface area contributed by atoms with Crippen molar-refractivity contribution in [3.05, 3.63) is 77.9 Å². The molecule has 7 nitrogen and oxygen atoms in total. The first-order chi connectivity index (χ1) is 17.0. The molecule has 35 heavy (non-hydrogen) atoms. The zero-order valence-corrected chi connectivity index (χ0v) is 20.4. The Kier molecular flexibility index (Phi) is 7.77. The van der Waals surface area contributed by atoms with E-state index >= 15 is 0 Å². The van der Waals surface area contributed by atoms with Crippen LogP contribution in [-0.4, -0.2) is 56.4 Å². The molecule has 0 unspecified atom stereocenters. The van der Waals surface area contributed by atoms with Crippen LogP contribution in [0.25, 0.3) is 0 Å². The molecule has 0 radical (unpaired) electrons. The molecule has 0 saturated carbocycles. The van der Waals surface area contributed by atoms with Gasteiger partial charge in [0.25, 0.3) is 5.91 Å². The van der Waals surface area contributed by atoms with Gasteiger partial charge < -0.3 is 24.2 Å². The van der Waals surface area contributed by atoms with Gasteiger partial charge >= 0.3 is 0 Å². The molecule has 7 heteroatoms. The van der Waals surface area contributed by atoms with E-state index in [-0.39, 0.29) is 17.7 Å². The van der Waals surface area contributed by atoms with Crippen molar-refractivity contribution in [3.8, 4) is 23.0 Å². The van der Waals surface area contributed by atoms with Crippen molar-refractivity contribution in [3.63, 3.8) is 0 Å². The third kappa shape index (κ3) is 5.52. The van der Waals surface area contributed by atoms with Gasteiger partial charge in [0, 0.05) is 42.5 Å². The highest BCUT2D eigenvalue weighted by Crippen LogP contribution is 2.32. The molecular weight excluding hydrogens is 444 g/mol. The molecule has 1 saturated heterocycles. The van der Waals surface area contributed by atoms with Crippen LogP contribution in [-0.2, 0) is 6.54 Å². The van der Waals surface area contributed by atoms with Crippen molar-refractivity contribution in [2.75, 3.05) is 39.3 Å². The van der Waals surface area contributed by atoms with Crippen molar-refractivity contribution in [1.82, 2.24) is 4.90 Å². The number of para-hydroxylation sites is 1. The van der Waals surface area contributed by atoms with Gasteiger partial charge in [-0.2, -0.15) is 0 Å². The first kappa shape index (κ1) is 24.4. The number of methoxy groups -OCH3 is 3. The highest BCUT2D eigenvalue weighted by atomic mass is 16.5. The van der Waals surface area contributed by atoms with Gasteiger partial charge in [0.15, 0.2) is 11.5 Å². The molecule has 3 aromatic rings. The summed E-state index contributed by atoms with van der Waals surface area (Å²) in [5.74, 6) is 2.09. The summed E-state index contributed by atoms with van der Waals surface area (Å²) in [5, 5.41) is 10.5. The minimum atomic E-state index is -0.0401. The fraction of sp³-hybridized carbons (Fsp3) is 0.321. The van der Waals surface area contributed by atoms with Crippen molar-refractivity contribution in [1.29, 1.82) is 0 Å². The quantitative estimate of drug-likeness (QED) is 0.507. The molecule has 0 atom stereocenters. The molecule has 1 fully saturated rings. The van der Waals surface area contributed by atoms with Gasteiger partial charge in [0.1, 0.15) is 11.5 Å². The average Bonchev–Trinajstić information content (AvgIpc) is 2.91. The molecule has 1 N–H and O–H groups in total. The molecule has 0 aliphatic carbocycles. The van der Waals surface area contributed by atoms with Crippen LogP contribution in [0.3, 0.4) is 0 Å². The Bertz CT molecular complexity index is 1120. The van der Waals surface area contributed by atoms with Crippen LogP contribution in [0.5, 0.6) is 23.0 Å². The highest BCUT2D eigenvalue weighted by molar-refractivity contribution is 6.06. The van der Waals surface area contributed by atoms with Crippen molar-refractivity contribution in [2.45, 2.75) is 25.4 Å². The van der Waals surface area contributed by atoms with Crippen LogP contribution in [0.2, 0.25) is 0 Å². The zero-order valence-electron chi connectivity index (χ0n) is 20.4. The van der Waals surface area contributed by atoms with Gasteiger partial charge in [0.05, 0.1) is 21.3 Å². The second-order valence-corrected chi connectivity index (χ2v) is 8.58. The van der Waals surface area contributed by atoms with Crippen molar-refractivity contribution >= 4 is 11.6 Å². The summed E-state index contributed by atoms with van der Waals surface area (Å²) in [6.45, 7) is 2.25. The van der Waals surface area contributed by atoms with Crippen LogP contribution >= 0.6 is 0 Å². The summed E-state index contributed by atoms with van der Waals surface area (Å²) >= 11 is 0. The number of carbonyl (C=O) groups excluding carboxylic acids is 1. The lowest BCUT2D eigenvalue weighted by Gasteiger charge is -2.39. The van der Waals surface area contributed by atoms with E-state index < -0.39 is 0 Å². The number of phenols is 1. The Morgan fingerprint density at radius 3 is 2.06 bits per heavy atom. The number of likely N-dealkylation sites (tertiary alicyclic amines) is 1. The number of ether oxygens (including phenoxy) is 3. The zero-order chi connectivity index (χ0) is 24.8. The average molecular weight is 477 g/mol. The summed E-state index contributed by atoms with van der Waals surface area (Å²) < 4.78 is 15.8. The third-order valence-corrected chi connectivity index (χ3v) is 6.53. The predicted molar refractivity (Wildman–Crippen MR) is 136 cm³/mol. The van der Waals surface area contributed by atoms with E-state index in [0.29, 0.717) is 23.6 Å². The van der Waals surface area contributed by atoms with Crippen LogP contribution in [0, 0.1) is 0 Å². The second kappa shape index (κ2) is 11.1. The Balaban J connectivity index is 1.52. The second-order valence-electron chi connectivity index (χ2n) is 8.58. The van der Waals surface area contributed by atoms with Gasteiger partial charge in [-0.1, -0.05) is 12.1 Å². The predicted octanol–water partition coefficient (Wildman–Crippen LogP) is 4.73. The topological polar surface area (TPSA) is 71.5 Å². The van der Waals surface area contributed by atoms with Crippen molar-refractivity contribution in [2.24, 2.45) is 0 Å². The lowest BCUT2D eigenvalue weighted by molar-refractivity contribution is 0.0958. The monoisotopic (exact) mass is 476 g/mol. The van der Waals surface area contributed by atoms with Crippen LogP contribution in [0.1, 0.15) is 28.8 Å². The number of aromatic hydroxyl groups is 1. The minimum Gasteiger partial charge on any atom is -0.504 e. The first-order valence-corrected chi connectivity index (χ1v) is 11.7. The molecule has 1 aliphatic heterocycles. The lowest BCUT2D eigenvalue weighted by atomic mass is 10.00. The Morgan fingerprint density at radius 2 is 1.49 bits per heavy atom. The summed E-state index contributed by atoms with van der Waals surface area (Å²) in [6.07, 6.45) is 1.64. The Hall–Kier alpha value is -3.71. The van der Waals surface area contributed by atoms with Gasteiger partial charge in [-0.25, -0.2) is 0 Å². The lowest BCUT2D eigenvalue weighted by Crippen LogP contribution is -2.47. The normalized spacial score (nSPS) is 14.4. The largest absolute Gasteiger partial charge is 0.504 e. The number of amides is 1. The number of carbonyl (C=O) groups is 1. The maximum Gasteiger partial charge on any atom is 0.258 e. The third-order valence-electron chi connectivity index (χ3n) is 6.53.